The van der Waals surface area contributed by atoms with Gasteiger partial charge < -0.3 is 14.8 Å². The van der Waals surface area contributed by atoms with Crippen LogP contribution in [0.4, 0.5) is 0 Å². The Labute approximate surface area is 155 Å². The second-order valence-electron chi connectivity index (χ2n) is 7.14. The fourth-order valence-corrected chi connectivity index (χ4v) is 6.09. The highest BCUT2D eigenvalue weighted by Crippen LogP contribution is 2.40. The molecule has 2 aliphatic rings. The van der Waals surface area contributed by atoms with Crippen molar-refractivity contribution in [2.75, 3.05) is 5.75 Å². The number of phenolic OH excluding ortho intramolecular Hbond substituents is 1. The third-order valence-electron chi connectivity index (χ3n) is 5.18. The van der Waals surface area contributed by atoms with Crippen LogP contribution in [0, 0.1) is 0 Å². The standard InChI is InChI=1S/C19H25BO5S/c1-3-15-12-26(23,24)18-11-20(22)25-17(19(15)18)9-4-13(2)10-14-5-7-16(21)8-6-14/h5-8,10,17-18,21-22H,3-4,9,11-12H2,1-2H3/b13-10+/t17-,18+/m1/s1. The van der Waals surface area contributed by atoms with Crippen LogP contribution in [0.1, 0.15) is 38.7 Å². The van der Waals surface area contributed by atoms with Gasteiger partial charge in [-0.2, -0.15) is 0 Å². The van der Waals surface area contributed by atoms with E-state index in [1.54, 1.807) is 12.1 Å². The van der Waals surface area contributed by atoms with E-state index in [0.29, 0.717) is 12.8 Å². The first-order valence-corrected chi connectivity index (χ1v) is 10.7. The first-order valence-electron chi connectivity index (χ1n) is 9.03. The van der Waals surface area contributed by atoms with Crippen LogP contribution in [0.15, 0.2) is 41.0 Å². The van der Waals surface area contributed by atoms with E-state index < -0.39 is 22.2 Å². The Bertz CT molecular complexity index is 826. The van der Waals surface area contributed by atoms with Gasteiger partial charge in [-0.25, -0.2) is 8.42 Å². The van der Waals surface area contributed by atoms with Gasteiger partial charge in [-0.05, 0) is 49.5 Å². The number of phenols is 1. The van der Waals surface area contributed by atoms with Crippen LogP contribution in [-0.4, -0.2) is 42.8 Å². The van der Waals surface area contributed by atoms with Crippen LogP contribution in [0.3, 0.4) is 0 Å². The number of benzene rings is 1. The number of aromatic hydroxyl groups is 1. The Hall–Kier alpha value is -1.57. The molecule has 1 aromatic rings. The maximum Gasteiger partial charge on any atom is 0.456 e. The summed E-state index contributed by atoms with van der Waals surface area (Å²) in [5, 5.41) is 18.8. The zero-order valence-corrected chi connectivity index (χ0v) is 16.0. The first kappa shape index (κ1) is 19.2. The van der Waals surface area contributed by atoms with Crippen molar-refractivity contribution >= 4 is 23.0 Å². The van der Waals surface area contributed by atoms with Gasteiger partial charge in [0.05, 0.1) is 17.1 Å². The summed E-state index contributed by atoms with van der Waals surface area (Å²) in [5.41, 5.74) is 3.97. The minimum atomic E-state index is -3.22. The fourth-order valence-electron chi connectivity index (χ4n) is 3.87. The van der Waals surface area contributed by atoms with E-state index in [-0.39, 0.29) is 23.9 Å². The topological polar surface area (TPSA) is 83.8 Å². The number of hydrogen-bond donors (Lipinski definition) is 2. The summed E-state index contributed by atoms with van der Waals surface area (Å²) in [7, 11) is -4.24. The molecule has 0 saturated carbocycles. The summed E-state index contributed by atoms with van der Waals surface area (Å²) in [6.07, 6.45) is 3.91. The van der Waals surface area contributed by atoms with Crippen molar-refractivity contribution in [2.24, 2.45) is 0 Å². The summed E-state index contributed by atoms with van der Waals surface area (Å²) in [5.74, 6) is 0.329. The van der Waals surface area contributed by atoms with E-state index in [0.717, 1.165) is 28.7 Å². The van der Waals surface area contributed by atoms with Gasteiger partial charge in [0.15, 0.2) is 9.84 Å². The average molecular weight is 376 g/mol. The summed E-state index contributed by atoms with van der Waals surface area (Å²) in [6.45, 7) is 3.99. The Morgan fingerprint density at radius 2 is 2.04 bits per heavy atom. The summed E-state index contributed by atoms with van der Waals surface area (Å²) in [4.78, 5) is 0. The Morgan fingerprint density at radius 3 is 2.69 bits per heavy atom. The lowest BCUT2D eigenvalue weighted by Gasteiger charge is -2.32. The fraction of sp³-hybridized carbons (Fsp3) is 0.474. The second kappa shape index (κ2) is 7.58. The van der Waals surface area contributed by atoms with Gasteiger partial charge in [0.25, 0.3) is 0 Å². The van der Waals surface area contributed by atoms with Crippen molar-refractivity contribution < 1.29 is 23.2 Å². The van der Waals surface area contributed by atoms with Gasteiger partial charge in [-0.3, -0.25) is 0 Å². The van der Waals surface area contributed by atoms with E-state index in [1.807, 2.05) is 32.1 Å². The van der Waals surface area contributed by atoms with Gasteiger partial charge in [0, 0.05) is 6.32 Å². The molecule has 0 bridgehead atoms. The predicted octanol–water partition coefficient (Wildman–Crippen LogP) is 2.96. The molecule has 0 aliphatic carbocycles. The van der Waals surface area contributed by atoms with Crippen LogP contribution in [0.2, 0.25) is 6.32 Å². The SMILES string of the molecule is CCC1=C2[C@@H](CC/C(C)=C/c3ccc(O)cc3)OB(O)C[C@@H]2S(=O)(=O)C1. The molecule has 2 heterocycles. The lowest BCUT2D eigenvalue weighted by molar-refractivity contribution is 0.169. The molecule has 1 saturated heterocycles. The molecule has 26 heavy (non-hydrogen) atoms. The van der Waals surface area contributed by atoms with Gasteiger partial charge in [0.1, 0.15) is 5.75 Å². The maximum absolute atomic E-state index is 12.4. The van der Waals surface area contributed by atoms with Crippen molar-refractivity contribution in [1.82, 2.24) is 0 Å². The molecule has 0 unspecified atom stereocenters. The third kappa shape index (κ3) is 4.05. The van der Waals surface area contributed by atoms with E-state index in [9.17, 15) is 18.5 Å². The highest BCUT2D eigenvalue weighted by atomic mass is 32.2. The van der Waals surface area contributed by atoms with Crippen molar-refractivity contribution in [3.8, 4) is 5.75 Å². The van der Waals surface area contributed by atoms with Gasteiger partial charge in [0.2, 0.25) is 0 Å². The number of fused-ring (bicyclic) bond motifs is 1. The summed E-state index contributed by atoms with van der Waals surface area (Å²) in [6, 6.07) is 6.98. The number of hydrogen-bond acceptors (Lipinski definition) is 5. The van der Waals surface area contributed by atoms with Crippen molar-refractivity contribution in [2.45, 2.75) is 50.8 Å². The van der Waals surface area contributed by atoms with Gasteiger partial charge in [-0.15, -0.1) is 0 Å². The largest absolute Gasteiger partial charge is 0.508 e. The zero-order chi connectivity index (χ0) is 18.9. The summed E-state index contributed by atoms with van der Waals surface area (Å²) >= 11 is 0. The molecular formula is C19H25BO5S. The molecule has 2 aliphatic heterocycles. The van der Waals surface area contributed by atoms with Crippen LogP contribution < -0.4 is 0 Å². The van der Waals surface area contributed by atoms with Crippen LogP contribution in [-0.2, 0) is 14.5 Å². The number of allylic oxidation sites excluding steroid dienone is 1. The average Bonchev–Trinajstić information content (AvgIpc) is 2.85. The molecule has 0 amide bonds. The molecule has 0 aromatic heterocycles. The lowest BCUT2D eigenvalue weighted by Crippen LogP contribution is -2.41. The maximum atomic E-state index is 12.4. The molecular weight excluding hydrogens is 351 g/mol. The minimum absolute atomic E-state index is 0.0956. The molecule has 0 radical (unpaired) electrons. The minimum Gasteiger partial charge on any atom is -0.508 e. The van der Waals surface area contributed by atoms with Crippen LogP contribution >= 0.6 is 0 Å². The first-order chi connectivity index (χ1) is 12.3. The normalized spacial score (nSPS) is 25.5. The number of sulfone groups is 1. The predicted molar refractivity (Wildman–Crippen MR) is 104 cm³/mol. The Kier molecular flexibility index (Phi) is 5.60. The molecule has 1 fully saturated rings. The molecule has 3 rings (SSSR count). The molecule has 140 valence electrons. The number of rotatable bonds is 5. The highest BCUT2D eigenvalue weighted by molar-refractivity contribution is 7.92. The molecule has 2 atom stereocenters. The van der Waals surface area contributed by atoms with E-state index >= 15 is 0 Å². The van der Waals surface area contributed by atoms with E-state index in [1.165, 1.54) is 0 Å². The smallest absolute Gasteiger partial charge is 0.456 e. The Balaban J connectivity index is 1.74. The lowest BCUT2D eigenvalue weighted by atomic mass is 9.74. The highest BCUT2D eigenvalue weighted by Gasteiger charge is 2.47. The quantitative estimate of drug-likeness (QED) is 0.610. The van der Waals surface area contributed by atoms with Crippen LogP contribution in [0.25, 0.3) is 6.08 Å². The van der Waals surface area contributed by atoms with Crippen molar-refractivity contribution in [3.05, 3.63) is 46.5 Å². The van der Waals surface area contributed by atoms with Crippen molar-refractivity contribution in [1.29, 1.82) is 0 Å². The van der Waals surface area contributed by atoms with Crippen molar-refractivity contribution in [3.63, 3.8) is 0 Å². The zero-order valence-electron chi connectivity index (χ0n) is 15.2. The molecule has 0 spiro atoms. The molecule has 2 N–H and O–H groups in total. The third-order valence-corrected chi connectivity index (χ3v) is 7.25. The monoisotopic (exact) mass is 376 g/mol. The Morgan fingerprint density at radius 1 is 1.35 bits per heavy atom. The second-order valence-corrected chi connectivity index (χ2v) is 9.33. The molecule has 7 heteroatoms. The van der Waals surface area contributed by atoms with Gasteiger partial charge in [-0.1, -0.05) is 36.3 Å². The summed E-state index contributed by atoms with van der Waals surface area (Å²) < 4.78 is 30.6. The molecule has 1 aromatic carbocycles. The van der Waals surface area contributed by atoms with E-state index in [2.05, 4.69) is 0 Å². The molecule has 5 nitrogen and oxygen atoms in total. The van der Waals surface area contributed by atoms with Gasteiger partial charge >= 0.3 is 7.12 Å². The van der Waals surface area contributed by atoms with E-state index in [4.69, 9.17) is 4.65 Å². The van der Waals surface area contributed by atoms with Crippen LogP contribution in [0.5, 0.6) is 5.75 Å².